The molecular weight excluding hydrogens is 193 g/mol. The van der Waals surface area contributed by atoms with E-state index in [9.17, 15) is 0 Å². The average Bonchev–Trinajstić information content (AvgIpc) is 2.01. The summed E-state index contributed by atoms with van der Waals surface area (Å²) in [6.45, 7) is 2.70. The first-order valence-electron chi connectivity index (χ1n) is 3.74. The average molecular weight is 204 g/mol. The first-order chi connectivity index (χ1) is 5.65. The van der Waals surface area contributed by atoms with Gasteiger partial charge >= 0.3 is 0 Å². The zero-order valence-corrected chi connectivity index (χ0v) is 8.63. The van der Waals surface area contributed by atoms with Crippen LogP contribution in [0.4, 0.5) is 0 Å². The van der Waals surface area contributed by atoms with Crippen molar-refractivity contribution in [1.82, 2.24) is 5.32 Å². The summed E-state index contributed by atoms with van der Waals surface area (Å²) in [5.74, 6) is 0. The molecule has 1 N–H and O–H groups in total. The van der Waals surface area contributed by atoms with Crippen LogP contribution < -0.4 is 5.32 Å². The van der Waals surface area contributed by atoms with Gasteiger partial charge in [-0.3, -0.25) is 0 Å². The number of halogens is 2. The van der Waals surface area contributed by atoms with Crippen LogP contribution in [0.1, 0.15) is 11.1 Å². The van der Waals surface area contributed by atoms with Crippen molar-refractivity contribution in [3.05, 3.63) is 33.3 Å². The molecular formula is C9H11Cl2N. The fourth-order valence-electron chi connectivity index (χ4n) is 1.00. The van der Waals surface area contributed by atoms with Crippen LogP contribution in [-0.2, 0) is 6.54 Å². The summed E-state index contributed by atoms with van der Waals surface area (Å²) in [7, 11) is 1.89. The Morgan fingerprint density at radius 2 is 1.75 bits per heavy atom. The number of hydrogen-bond donors (Lipinski definition) is 1. The Morgan fingerprint density at radius 1 is 1.25 bits per heavy atom. The standard InChI is InChI=1S/C9H11Cl2N/c1-6-8(10)3-7(5-12-2)4-9(6)11/h3-4,12H,5H2,1-2H3. The molecule has 1 rings (SSSR count). The molecule has 0 spiro atoms. The predicted octanol–water partition coefficient (Wildman–Crippen LogP) is 3.02. The van der Waals surface area contributed by atoms with E-state index < -0.39 is 0 Å². The summed E-state index contributed by atoms with van der Waals surface area (Å²) in [6.07, 6.45) is 0. The highest BCUT2D eigenvalue weighted by Gasteiger charge is 2.02. The van der Waals surface area contributed by atoms with Crippen molar-refractivity contribution in [2.24, 2.45) is 0 Å². The van der Waals surface area contributed by atoms with Gasteiger partial charge in [-0.05, 0) is 37.2 Å². The number of rotatable bonds is 2. The Hall–Kier alpha value is -0.240. The van der Waals surface area contributed by atoms with E-state index in [2.05, 4.69) is 5.32 Å². The van der Waals surface area contributed by atoms with Gasteiger partial charge in [0, 0.05) is 16.6 Å². The van der Waals surface area contributed by atoms with E-state index in [-0.39, 0.29) is 0 Å². The van der Waals surface area contributed by atoms with Crippen LogP contribution in [0.15, 0.2) is 12.1 Å². The van der Waals surface area contributed by atoms with Crippen LogP contribution in [0.25, 0.3) is 0 Å². The third-order valence-electron chi connectivity index (χ3n) is 1.72. The van der Waals surface area contributed by atoms with Crippen LogP contribution in [0.5, 0.6) is 0 Å². The van der Waals surface area contributed by atoms with Gasteiger partial charge < -0.3 is 5.32 Å². The van der Waals surface area contributed by atoms with Crippen LogP contribution in [0, 0.1) is 6.92 Å². The molecule has 0 aliphatic carbocycles. The molecule has 1 aromatic rings. The van der Waals surface area contributed by atoms with Crippen molar-refractivity contribution >= 4 is 23.2 Å². The van der Waals surface area contributed by atoms with Gasteiger partial charge in [-0.15, -0.1) is 0 Å². The van der Waals surface area contributed by atoms with Gasteiger partial charge in [-0.25, -0.2) is 0 Å². The Kier molecular flexibility index (Phi) is 3.39. The molecule has 0 aliphatic heterocycles. The molecule has 12 heavy (non-hydrogen) atoms. The molecule has 1 nitrogen and oxygen atoms in total. The maximum absolute atomic E-state index is 5.94. The largest absolute Gasteiger partial charge is 0.316 e. The summed E-state index contributed by atoms with van der Waals surface area (Å²) in [6, 6.07) is 3.86. The lowest BCUT2D eigenvalue weighted by atomic mass is 10.1. The van der Waals surface area contributed by atoms with Gasteiger partial charge in [0.1, 0.15) is 0 Å². The molecule has 0 saturated heterocycles. The Bertz CT molecular complexity index is 261. The maximum atomic E-state index is 5.94. The van der Waals surface area contributed by atoms with E-state index in [1.54, 1.807) is 0 Å². The maximum Gasteiger partial charge on any atom is 0.0453 e. The third-order valence-corrected chi connectivity index (χ3v) is 2.51. The molecule has 66 valence electrons. The van der Waals surface area contributed by atoms with Gasteiger partial charge in [0.05, 0.1) is 0 Å². The topological polar surface area (TPSA) is 12.0 Å². The van der Waals surface area contributed by atoms with E-state index in [0.29, 0.717) is 0 Å². The summed E-state index contributed by atoms with van der Waals surface area (Å²) in [5, 5.41) is 4.50. The molecule has 0 radical (unpaired) electrons. The fourth-order valence-corrected chi connectivity index (χ4v) is 1.54. The van der Waals surface area contributed by atoms with Gasteiger partial charge in [0.2, 0.25) is 0 Å². The van der Waals surface area contributed by atoms with Crippen molar-refractivity contribution in [2.45, 2.75) is 13.5 Å². The lowest BCUT2D eigenvalue weighted by molar-refractivity contribution is 0.817. The van der Waals surface area contributed by atoms with E-state index in [1.807, 2.05) is 26.1 Å². The highest BCUT2D eigenvalue weighted by atomic mass is 35.5. The molecule has 3 heteroatoms. The molecule has 0 amide bonds. The highest BCUT2D eigenvalue weighted by molar-refractivity contribution is 6.36. The molecule has 0 atom stereocenters. The molecule has 0 heterocycles. The second-order valence-corrected chi connectivity index (χ2v) is 3.53. The zero-order valence-electron chi connectivity index (χ0n) is 7.12. The summed E-state index contributed by atoms with van der Waals surface area (Å²) < 4.78 is 0. The van der Waals surface area contributed by atoms with Crippen LogP contribution >= 0.6 is 23.2 Å². The Morgan fingerprint density at radius 3 is 2.17 bits per heavy atom. The molecule has 0 unspecified atom stereocenters. The predicted molar refractivity (Wildman–Crippen MR) is 54.0 cm³/mol. The normalized spacial score (nSPS) is 10.3. The fraction of sp³-hybridized carbons (Fsp3) is 0.333. The minimum atomic E-state index is 0.729. The number of nitrogens with one attached hydrogen (secondary N) is 1. The third kappa shape index (κ3) is 2.13. The van der Waals surface area contributed by atoms with Crippen molar-refractivity contribution in [2.75, 3.05) is 7.05 Å². The molecule has 1 aromatic carbocycles. The smallest absolute Gasteiger partial charge is 0.0453 e. The molecule has 0 fully saturated rings. The van der Waals surface area contributed by atoms with E-state index in [1.165, 1.54) is 0 Å². The summed E-state index contributed by atoms with van der Waals surface area (Å²) in [5.41, 5.74) is 2.05. The van der Waals surface area contributed by atoms with Gasteiger partial charge in [-0.1, -0.05) is 23.2 Å². The van der Waals surface area contributed by atoms with Gasteiger partial charge in [0.15, 0.2) is 0 Å². The highest BCUT2D eigenvalue weighted by Crippen LogP contribution is 2.25. The van der Waals surface area contributed by atoms with Crippen molar-refractivity contribution in [3.63, 3.8) is 0 Å². The van der Waals surface area contributed by atoms with Crippen LogP contribution in [0.3, 0.4) is 0 Å². The van der Waals surface area contributed by atoms with E-state index in [0.717, 1.165) is 27.7 Å². The van der Waals surface area contributed by atoms with E-state index in [4.69, 9.17) is 23.2 Å². The lowest BCUT2D eigenvalue weighted by Crippen LogP contribution is -2.05. The van der Waals surface area contributed by atoms with Gasteiger partial charge in [-0.2, -0.15) is 0 Å². The molecule has 0 bridgehead atoms. The Balaban J connectivity index is 3.04. The minimum Gasteiger partial charge on any atom is -0.316 e. The quantitative estimate of drug-likeness (QED) is 0.780. The zero-order chi connectivity index (χ0) is 9.14. The minimum absolute atomic E-state index is 0.729. The second-order valence-electron chi connectivity index (χ2n) is 2.71. The Labute approximate surface area is 82.7 Å². The van der Waals surface area contributed by atoms with E-state index >= 15 is 0 Å². The summed E-state index contributed by atoms with van der Waals surface area (Å²) >= 11 is 11.9. The van der Waals surface area contributed by atoms with Crippen LogP contribution in [0.2, 0.25) is 10.0 Å². The second kappa shape index (κ2) is 4.13. The van der Waals surface area contributed by atoms with Crippen LogP contribution in [-0.4, -0.2) is 7.05 Å². The first kappa shape index (κ1) is 9.85. The molecule has 0 aliphatic rings. The first-order valence-corrected chi connectivity index (χ1v) is 4.50. The molecule has 0 saturated carbocycles. The number of benzene rings is 1. The van der Waals surface area contributed by atoms with Crippen molar-refractivity contribution < 1.29 is 0 Å². The SMILES string of the molecule is CNCc1cc(Cl)c(C)c(Cl)c1. The van der Waals surface area contributed by atoms with Gasteiger partial charge in [0.25, 0.3) is 0 Å². The molecule has 0 aromatic heterocycles. The summed E-state index contributed by atoms with van der Waals surface area (Å²) in [4.78, 5) is 0. The monoisotopic (exact) mass is 203 g/mol. The van der Waals surface area contributed by atoms with Crippen molar-refractivity contribution in [1.29, 1.82) is 0 Å². The van der Waals surface area contributed by atoms with Crippen molar-refractivity contribution in [3.8, 4) is 0 Å². The lowest BCUT2D eigenvalue weighted by Gasteiger charge is -2.05. The number of hydrogen-bond acceptors (Lipinski definition) is 1.